The van der Waals surface area contributed by atoms with Crippen LogP contribution in [0.3, 0.4) is 0 Å². The molecule has 2 aromatic carbocycles. The number of carbonyl (C=O) groups excluding carboxylic acids is 1. The molecular formula is C18H22N2O2. The van der Waals surface area contributed by atoms with Gasteiger partial charge in [0.2, 0.25) is 0 Å². The summed E-state index contributed by atoms with van der Waals surface area (Å²) in [5.41, 5.74) is 7.79. The number of anilines is 1. The summed E-state index contributed by atoms with van der Waals surface area (Å²) in [5, 5.41) is 2.90. The van der Waals surface area contributed by atoms with E-state index in [0.29, 0.717) is 30.3 Å². The number of para-hydroxylation sites is 1. The summed E-state index contributed by atoms with van der Waals surface area (Å²) in [6, 6.07) is 14.7. The maximum Gasteiger partial charge on any atom is 0.251 e. The number of nitrogen functional groups attached to an aromatic ring is 1. The molecule has 0 aliphatic rings. The quantitative estimate of drug-likeness (QED) is 0.805. The van der Waals surface area contributed by atoms with Crippen LogP contribution in [0.4, 0.5) is 5.69 Å². The fourth-order valence-corrected chi connectivity index (χ4v) is 2.00. The third-order valence-corrected chi connectivity index (χ3v) is 3.13. The van der Waals surface area contributed by atoms with Crippen molar-refractivity contribution in [2.45, 2.75) is 20.4 Å². The average molecular weight is 298 g/mol. The summed E-state index contributed by atoms with van der Waals surface area (Å²) in [5.74, 6) is 1.12. The van der Waals surface area contributed by atoms with Crippen molar-refractivity contribution in [2.24, 2.45) is 5.92 Å². The first-order valence-electron chi connectivity index (χ1n) is 7.40. The number of benzene rings is 2. The van der Waals surface area contributed by atoms with E-state index >= 15 is 0 Å². The minimum Gasteiger partial charge on any atom is -0.493 e. The third kappa shape index (κ3) is 4.52. The van der Waals surface area contributed by atoms with Gasteiger partial charge in [-0.25, -0.2) is 0 Å². The molecule has 4 heteroatoms. The molecule has 0 aliphatic heterocycles. The fraction of sp³-hybridized carbons (Fsp3) is 0.278. The molecule has 2 aromatic rings. The Labute approximate surface area is 131 Å². The van der Waals surface area contributed by atoms with Gasteiger partial charge in [0, 0.05) is 23.4 Å². The van der Waals surface area contributed by atoms with Crippen LogP contribution in [0.15, 0.2) is 48.5 Å². The van der Waals surface area contributed by atoms with E-state index in [1.165, 1.54) is 0 Å². The topological polar surface area (TPSA) is 64.3 Å². The van der Waals surface area contributed by atoms with Crippen molar-refractivity contribution < 1.29 is 9.53 Å². The van der Waals surface area contributed by atoms with Gasteiger partial charge in [-0.2, -0.15) is 0 Å². The largest absolute Gasteiger partial charge is 0.493 e. The summed E-state index contributed by atoms with van der Waals surface area (Å²) in [4.78, 5) is 12.1. The molecule has 22 heavy (non-hydrogen) atoms. The zero-order chi connectivity index (χ0) is 15.9. The van der Waals surface area contributed by atoms with Gasteiger partial charge in [-0.1, -0.05) is 38.1 Å². The Balaban J connectivity index is 2.00. The van der Waals surface area contributed by atoms with Gasteiger partial charge < -0.3 is 15.8 Å². The lowest BCUT2D eigenvalue weighted by Gasteiger charge is -2.13. The van der Waals surface area contributed by atoms with Crippen molar-refractivity contribution >= 4 is 11.6 Å². The molecule has 1 amide bonds. The average Bonchev–Trinajstić information content (AvgIpc) is 2.51. The Morgan fingerprint density at radius 1 is 1.18 bits per heavy atom. The fourth-order valence-electron chi connectivity index (χ4n) is 2.00. The first-order valence-corrected chi connectivity index (χ1v) is 7.40. The summed E-state index contributed by atoms with van der Waals surface area (Å²) < 4.78 is 5.78. The predicted molar refractivity (Wildman–Crippen MR) is 88.8 cm³/mol. The van der Waals surface area contributed by atoms with Crippen LogP contribution in [0.2, 0.25) is 0 Å². The Hall–Kier alpha value is -2.49. The van der Waals surface area contributed by atoms with Crippen LogP contribution < -0.4 is 15.8 Å². The van der Waals surface area contributed by atoms with Crippen LogP contribution in [0.5, 0.6) is 5.75 Å². The smallest absolute Gasteiger partial charge is 0.251 e. The number of hydrogen-bond acceptors (Lipinski definition) is 3. The third-order valence-electron chi connectivity index (χ3n) is 3.13. The van der Waals surface area contributed by atoms with Crippen LogP contribution >= 0.6 is 0 Å². The molecule has 0 saturated carbocycles. The van der Waals surface area contributed by atoms with Crippen molar-refractivity contribution in [1.82, 2.24) is 5.32 Å². The Morgan fingerprint density at radius 2 is 1.95 bits per heavy atom. The second kappa shape index (κ2) is 7.50. The molecule has 0 unspecified atom stereocenters. The first-order chi connectivity index (χ1) is 10.6. The van der Waals surface area contributed by atoms with Gasteiger partial charge in [0.15, 0.2) is 0 Å². The van der Waals surface area contributed by atoms with E-state index in [2.05, 4.69) is 19.2 Å². The second-order valence-electron chi connectivity index (χ2n) is 5.62. The van der Waals surface area contributed by atoms with Gasteiger partial charge in [-0.3, -0.25) is 4.79 Å². The van der Waals surface area contributed by atoms with Crippen molar-refractivity contribution in [1.29, 1.82) is 0 Å². The highest BCUT2D eigenvalue weighted by molar-refractivity contribution is 5.94. The predicted octanol–water partition coefficient (Wildman–Crippen LogP) is 3.23. The maximum absolute atomic E-state index is 12.1. The number of hydrogen-bond donors (Lipinski definition) is 2. The molecule has 0 atom stereocenters. The van der Waals surface area contributed by atoms with Crippen molar-refractivity contribution in [3.05, 3.63) is 59.7 Å². The first kappa shape index (κ1) is 15.9. The molecule has 0 aliphatic carbocycles. The molecule has 0 heterocycles. The van der Waals surface area contributed by atoms with Gasteiger partial charge in [0.05, 0.1) is 6.61 Å². The number of carbonyl (C=O) groups is 1. The lowest BCUT2D eigenvalue weighted by molar-refractivity contribution is 0.0950. The van der Waals surface area contributed by atoms with E-state index in [1.807, 2.05) is 24.3 Å². The van der Waals surface area contributed by atoms with Crippen molar-refractivity contribution in [2.75, 3.05) is 12.3 Å². The van der Waals surface area contributed by atoms with E-state index in [1.54, 1.807) is 24.3 Å². The molecule has 0 fully saturated rings. The highest BCUT2D eigenvalue weighted by atomic mass is 16.5. The standard InChI is InChI=1S/C18H22N2O2/c1-13(2)12-22-17-9-4-3-6-15(17)11-20-18(21)14-7-5-8-16(19)10-14/h3-10,13H,11-12,19H2,1-2H3,(H,20,21). The summed E-state index contributed by atoms with van der Waals surface area (Å²) in [6.45, 7) is 5.27. The number of nitrogens with two attached hydrogens (primary N) is 1. The highest BCUT2D eigenvalue weighted by Crippen LogP contribution is 2.18. The van der Waals surface area contributed by atoms with Gasteiger partial charge >= 0.3 is 0 Å². The highest BCUT2D eigenvalue weighted by Gasteiger charge is 2.08. The monoisotopic (exact) mass is 298 g/mol. The number of amides is 1. The van der Waals surface area contributed by atoms with Crippen LogP contribution in [-0.2, 0) is 6.54 Å². The lowest BCUT2D eigenvalue weighted by Crippen LogP contribution is -2.23. The SMILES string of the molecule is CC(C)COc1ccccc1CNC(=O)c1cccc(N)c1. The summed E-state index contributed by atoms with van der Waals surface area (Å²) >= 11 is 0. The maximum atomic E-state index is 12.1. The molecule has 3 N–H and O–H groups in total. The molecule has 4 nitrogen and oxygen atoms in total. The van der Waals surface area contributed by atoms with E-state index < -0.39 is 0 Å². The molecular weight excluding hydrogens is 276 g/mol. The molecule has 2 rings (SSSR count). The summed E-state index contributed by atoms with van der Waals surface area (Å²) in [6.07, 6.45) is 0. The number of nitrogens with one attached hydrogen (secondary N) is 1. The molecule has 0 bridgehead atoms. The summed E-state index contributed by atoms with van der Waals surface area (Å²) in [7, 11) is 0. The minimum atomic E-state index is -0.147. The zero-order valence-corrected chi connectivity index (χ0v) is 13.0. The van der Waals surface area contributed by atoms with Gasteiger partial charge in [-0.05, 0) is 30.2 Å². The van der Waals surface area contributed by atoms with E-state index in [-0.39, 0.29) is 5.91 Å². The molecule has 0 aromatic heterocycles. The van der Waals surface area contributed by atoms with Crippen molar-refractivity contribution in [3.8, 4) is 5.75 Å². The van der Waals surface area contributed by atoms with Gasteiger partial charge in [0.1, 0.15) is 5.75 Å². The van der Waals surface area contributed by atoms with E-state index in [9.17, 15) is 4.79 Å². The number of rotatable bonds is 6. The van der Waals surface area contributed by atoms with Crippen LogP contribution in [0.25, 0.3) is 0 Å². The van der Waals surface area contributed by atoms with Crippen molar-refractivity contribution in [3.63, 3.8) is 0 Å². The lowest BCUT2D eigenvalue weighted by atomic mass is 10.1. The van der Waals surface area contributed by atoms with Crippen LogP contribution in [0.1, 0.15) is 29.8 Å². The van der Waals surface area contributed by atoms with Gasteiger partial charge in [0.25, 0.3) is 5.91 Å². The molecule has 0 saturated heterocycles. The molecule has 116 valence electrons. The Kier molecular flexibility index (Phi) is 5.42. The van der Waals surface area contributed by atoms with E-state index in [0.717, 1.165) is 11.3 Å². The molecule has 0 spiro atoms. The van der Waals surface area contributed by atoms with Crippen LogP contribution in [0, 0.1) is 5.92 Å². The normalized spacial score (nSPS) is 10.5. The number of ether oxygens (including phenoxy) is 1. The zero-order valence-electron chi connectivity index (χ0n) is 13.0. The second-order valence-corrected chi connectivity index (χ2v) is 5.62. The Morgan fingerprint density at radius 3 is 2.68 bits per heavy atom. The molecule has 0 radical (unpaired) electrons. The van der Waals surface area contributed by atoms with Crippen LogP contribution in [-0.4, -0.2) is 12.5 Å². The minimum absolute atomic E-state index is 0.147. The van der Waals surface area contributed by atoms with Gasteiger partial charge in [-0.15, -0.1) is 0 Å². The Bertz CT molecular complexity index is 638. The van der Waals surface area contributed by atoms with E-state index in [4.69, 9.17) is 10.5 Å².